The Kier molecular flexibility index (Phi) is 6.41. The Morgan fingerprint density at radius 3 is 2.67 bits per heavy atom. The fraction of sp³-hybridized carbons (Fsp3) is 0.381. The first-order chi connectivity index (χ1) is 15.6. The second kappa shape index (κ2) is 9.12. The number of hydrogen-bond donors (Lipinski definition) is 4. The van der Waals surface area contributed by atoms with Gasteiger partial charge in [0.1, 0.15) is 21.6 Å². The molecule has 1 fully saturated rings. The van der Waals surface area contributed by atoms with Gasteiger partial charge in [-0.05, 0) is 31.0 Å². The number of pyridine rings is 2. The van der Waals surface area contributed by atoms with E-state index in [1.165, 1.54) is 0 Å². The van der Waals surface area contributed by atoms with E-state index in [1.807, 2.05) is 0 Å². The first-order valence-corrected chi connectivity index (χ1v) is 11.1. The summed E-state index contributed by atoms with van der Waals surface area (Å²) in [5, 5.41) is 13.3. The topological polar surface area (TPSA) is 130 Å². The van der Waals surface area contributed by atoms with Crippen molar-refractivity contribution in [3.8, 4) is 0 Å². The molecule has 4 heterocycles. The highest BCUT2D eigenvalue weighted by Gasteiger charge is 2.37. The van der Waals surface area contributed by atoms with Gasteiger partial charge >= 0.3 is 6.18 Å². The average molecular weight is 481 g/mol. The third-order valence-electron chi connectivity index (χ3n) is 5.66. The number of thiophene rings is 1. The molecule has 4 rings (SSSR count). The second-order valence-electron chi connectivity index (χ2n) is 7.86. The van der Waals surface area contributed by atoms with Crippen LogP contribution in [0.3, 0.4) is 0 Å². The zero-order chi connectivity index (χ0) is 23.8. The summed E-state index contributed by atoms with van der Waals surface area (Å²) in [4.78, 5) is 21.8. The number of halogens is 3. The molecule has 1 amide bonds. The minimum atomic E-state index is -4.67. The Labute approximate surface area is 191 Å². The van der Waals surface area contributed by atoms with Gasteiger partial charge in [-0.15, -0.1) is 11.3 Å². The third-order valence-corrected chi connectivity index (χ3v) is 6.78. The van der Waals surface area contributed by atoms with E-state index in [2.05, 4.69) is 15.3 Å². The van der Waals surface area contributed by atoms with Gasteiger partial charge in [0, 0.05) is 37.3 Å². The van der Waals surface area contributed by atoms with E-state index in [4.69, 9.17) is 11.5 Å². The van der Waals surface area contributed by atoms with Crippen LogP contribution < -0.4 is 21.7 Å². The first-order valence-electron chi connectivity index (χ1n) is 10.3. The van der Waals surface area contributed by atoms with Crippen molar-refractivity contribution in [1.29, 1.82) is 0 Å². The number of anilines is 2. The number of fused-ring (bicyclic) bond motifs is 1. The molecule has 1 aliphatic rings. The van der Waals surface area contributed by atoms with Gasteiger partial charge in [-0.25, -0.2) is 4.98 Å². The molecule has 3 aromatic heterocycles. The minimum Gasteiger partial charge on any atom is -0.397 e. The molecule has 0 radical (unpaired) electrons. The number of nitrogens with one attached hydrogen (secondary N) is 1. The zero-order valence-corrected chi connectivity index (χ0v) is 18.3. The Hall–Kier alpha value is -2.96. The summed E-state index contributed by atoms with van der Waals surface area (Å²) in [6.45, 7) is 1.29. The van der Waals surface area contributed by atoms with Crippen LogP contribution in [0.2, 0.25) is 0 Å². The molecule has 0 aromatic carbocycles. The monoisotopic (exact) mass is 480 g/mol. The number of amides is 1. The smallest absolute Gasteiger partial charge is 0.397 e. The number of aliphatic hydroxyl groups is 1. The van der Waals surface area contributed by atoms with Crippen LogP contribution in [-0.2, 0) is 6.18 Å². The van der Waals surface area contributed by atoms with Gasteiger partial charge < -0.3 is 26.8 Å². The summed E-state index contributed by atoms with van der Waals surface area (Å²) in [6, 6.07) is 6.40. The molecule has 8 nitrogen and oxygen atoms in total. The molecule has 0 saturated carbocycles. The fourth-order valence-corrected chi connectivity index (χ4v) is 4.91. The van der Waals surface area contributed by atoms with Gasteiger partial charge in [0.2, 0.25) is 0 Å². The van der Waals surface area contributed by atoms with E-state index < -0.39 is 23.8 Å². The van der Waals surface area contributed by atoms with Crippen LogP contribution in [0, 0.1) is 0 Å². The van der Waals surface area contributed by atoms with Crippen LogP contribution in [0.5, 0.6) is 0 Å². The molecule has 12 heteroatoms. The first kappa shape index (κ1) is 23.2. The highest BCUT2D eigenvalue weighted by Crippen LogP contribution is 2.43. The van der Waals surface area contributed by atoms with Crippen LogP contribution in [0.4, 0.5) is 24.7 Å². The summed E-state index contributed by atoms with van der Waals surface area (Å²) in [5.74, 6) is -0.705. The molecule has 0 spiro atoms. The standard InChI is InChI=1S/C21H23F3N6O2S/c22-21(23,24)12-9-15(29-20-16(12)17(25)18(33-20)19(26)32)30-7-4-11(5-8-30)28-10-14(31)13-3-1-2-6-27-13/h1-3,6,9,11,14,28,31H,4-5,7-8,10,25H2,(H2,26,32). The number of piperidine rings is 1. The SMILES string of the molecule is NC(=O)c1sc2nc(N3CCC(NCC(O)c4ccccn4)CC3)cc(C(F)(F)F)c2c1N. The Bertz CT molecular complexity index is 1150. The Morgan fingerprint density at radius 2 is 2.06 bits per heavy atom. The lowest BCUT2D eigenvalue weighted by molar-refractivity contribution is -0.136. The zero-order valence-electron chi connectivity index (χ0n) is 17.5. The summed E-state index contributed by atoms with van der Waals surface area (Å²) in [6.07, 6.45) is -2.47. The van der Waals surface area contributed by atoms with E-state index in [0.29, 0.717) is 38.2 Å². The molecule has 176 valence electrons. The summed E-state index contributed by atoms with van der Waals surface area (Å²) < 4.78 is 41.3. The third kappa shape index (κ3) is 4.87. The second-order valence-corrected chi connectivity index (χ2v) is 8.85. The lowest BCUT2D eigenvalue weighted by Gasteiger charge is -2.34. The number of nitrogen functional groups attached to an aromatic ring is 1. The predicted molar refractivity (Wildman–Crippen MR) is 120 cm³/mol. The van der Waals surface area contributed by atoms with Crippen molar-refractivity contribution in [2.75, 3.05) is 30.3 Å². The number of aliphatic hydroxyl groups excluding tert-OH is 1. The van der Waals surface area contributed by atoms with Crippen molar-refractivity contribution in [3.63, 3.8) is 0 Å². The minimum absolute atomic E-state index is 0.0323. The highest BCUT2D eigenvalue weighted by molar-refractivity contribution is 7.21. The van der Waals surface area contributed by atoms with Crippen LogP contribution in [-0.4, -0.2) is 46.7 Å². The van der Waals surface area contributed by atoms with Gasteiger partial charge in [-0.1, -0.05) is 6.07 Å². The molecule has 1 aliphatic heterocycles. The molecule has 1 atom stereocenters. The van der Waals surface area contributed by atoms with Gasteiger partial charge in [0.25, 0.3) is 5.91 Å². The van der Waals surface area contributed by atoms with Crippen molar-refractivity contribution >= 4 is 39.0 Å². The fourth-order valence-electron chi connectivity index (χ4n) is 3.95. The average Bonchev–Trinajstić information content (AvgIpc) is 3.14. The highest BCUT2D eigenvalue weighted by atomic mass is 32.1. The number of rotatable bonds is 6. The summed E-state index contributed by atoms with van der Waals surface area (Å²) in [7, 11) is 0. The summed E-state index contributed by atoms with van der Waals surface area (Å²) >= 11 is 0.767. The number of carbonyl (C=O) groups excluding carboxylic acids is 1. The number of alkyl halides is 3. The number of aromatic nitrogens is 2. The maximum Gasteiger partial charge on any atom is 0.417 e. The number of hydrogen-bond acceptors (Lipinski definition) is 8. The maximum atomic E-state index is 13.8. The van der Waals surface area contributed by atoms with Gasteiger partial charge in [0.05, 0.1) is 16.9 Å². The van der Waals surface area contributed by atoms with Crippen LogP contribution in [0.15, 0.2) is 30.5 Å². The molecular formula is C21H23F3N6O2S. The molecule has 1 unspecified atom stereocenters. The number of primary amides is 1. The van der Waals surface area contributed by atoms with Crippen LogP contribution in [0.1, 0.15) is 39.9 Å². The van der Waals surface area contributed by atoms with Crippen molar-refractivity contribution in [1.82, 2.24) is 15.3 Å². The number of carbonyl (C=O) groups is 1. The summed E-state index contributed by atoms with van der Waals surface area (Å²) in [5.41, 5.74) is 10.4. The molecule has 6 N–H and O–H groups in total. The van der Waals surface area contributed by atoms with Gasteiger partial charge in [0.15, 0.2) is 0 Å². The van der Waals surface area contributed by atoms with Gasteiger partial charge in [-0.3, -0.25) is 9.78 Å². The van der Waals surface area contributed by atoms with E-state index in [0.717, 1.165) is 17.4 Å². The predicted octanol–water partition coefficient (Wildman–Crippen LogP) is 2.68. The normalized spacial score (nSPS) is 16.3. The molecule has 3 aromatic rings. The molecule has 1 saturated heterocycles. The van der Waals surface area contributed by atoms with Crippen molar-refractivity contribution < 1.29 is 23.1 Å². The van der Waals surface area contributed by atoms with E-state index >= 15 is 0 Å². The lowest BCUT2D eigenvalue weighted by Crippen LogP contribution is -2.44. The van der Waals surface area contributed by atoms with E-state index in [-0.39, 0.29) is 32.6 Å². The quantitative estimate of drug-likeness (QED) is 0.427. The maximum absolute atomic E-state index is 13.8. The van der Waals surface area contributed by atoms with Crippen LogP contribution in [0.25, 0.3) is 10.2 Å². The lowest BCUT2D eigenvalue weighted by atomic mass is 10.0. The van der Waals surface area contributed by atoms with E-state index in [9.17, 15) is 23.1 Å². The molecule has 0 bridgehead atoms. The molecule has 0 aliphatic carbocycles. The van der Waals surface area contributed by atoms with E-state index in [1.54, 1.807) is 29.3 Å². The van der Waals surface area contributed by atoms with Crippen molar-refractivity contribution in [2.24, 2.45) is 5.73 Å². The molecular weight excluding hydrogens is 457 g/mol. The Morgan fingerprint density at radius 1 is 1.33 bits per heavy atom. The largest absolute Gasteiger partial charge is 0.417 e. The van der Waals surface area contributed by atoms with Crippen LogP contribution >= 0.6 is 11.3 Å². The number of nitrogens with two attached hydrogens (primary N) is 2. The number of nitrogens with zero attached hydrogens (tertiary/aromatic N) is 3. The van der Waals surface area contributed by atoms with Gasteiger partial charge in [-0.2, -0.15) is 13.2 Å². The molecule has 33 heavy (non-hydrogen) atoms. The van der Waals surface area contributed by atoms with Crippen molar-refractivity contribution in [2.45, 2.75) is 31.2 Å². The Balaban J connectivity index is 1.48. The van der Waals surface area contributed by atoms with Crippen molar-refractivity contribution in [3.05, 3.63) is 46.6 Å².